The molecule has 0 radical (unpaired) electrons. The van der Waals surface area contributed by atoms with E-state index in [1.54, 1.807) is 4.90 Å². The maximum Gasteiger partial charge on any atom is 1.00 e. The summed E-state index contributed by atoms with van der Waals surface area (Å²) in [7, 11) is 0. The number of hydrogen-bond acceptors (Lipinski definition) is 4. The molecule has 0 aliphatic carbocycles. The van der Waals surface area contributed by atoms with Crippen LogP contribution in [0.2, 0.25) is 5.02 Å². The molecule has 7 nitrogen and oxygen atoms in total. The fraction of sp³-hybridized carbons (Fsp3) is 0.464. The van der Waals surface area contributed by atoms with E-state index in [1.165, 1.54) is 5.56 Å². The molecule has 0 bridgehead atoms. The average Bonchev–Trinajstić information content (AvgIpc) is 3.25. The number of aromatic amines is 1. The summed E-state index contributed by atoms with van der Waals surface area (Å²) >= 11 is 6.28. The van der Waals surface area contributed by atoms with Crippen LogP contribution < -0.4 is 23.6 Å². The molecular weight excluding hydrogens is 485 g/mol. The molecule has 37 heavy (non-hydrogen) atoms. The van der Waals surface area contributed by atoms with Crippen molar-refractivity contribution in [2.45, 2.75) is 45.1 Å². The van der Waals surface area contributed by atoms with Gasteiger partial charge in [-0.2, -0.15) is 0 Å². The number of hydrogen-bond donors (Lipinski definition) is 2. The fourth-order valence-corrected chi connectivity index (χ4v) is 4.98. The number of unbranched alkanes of at least 4 members (excludes halogenated alkanes) is 3. The van der Waals surface area contributed by atoms with Crippen molar-refractivity contribution in [2.24, 2.45) is 0 Å². The van der Waals surface area contributed by atoms with Gasteiger partial charge < -0.3 is 24.9 Å². The molecule has 1 aliphatic rings. The molecule has 0 saturated carbocycles. The minimum atomic E-state index is -0.311. The van der Waals surface area contributed by atoms with E-state index >= 15 is 0 Å². The normalized spacial score (nSPS) is 14.8. The number of H-pyrrole nitrogens is 1. The molecule has 194 valence electrons. The Balaban J connectivity index is 0.00000380. The number of nitrogens with zero attached hydrogens (tertiary/aromatic N) is 2. The summed E-state index contributed by atoms with van der Waals surface area (Å²) < 4.78 is 11.3. The molecular formula is C28H35ClLiN3O4. The van der Waals surface area contributed by atoms with E-state index in [0.29, 0.717) is 31.3 Å². The second-order valence-corrected chi connectivity index (χ2v) is 9.41. The van der Waals surface area contributed by atoms with Crippen LogP contribution in [0.4, 0.5) is 4.79 Å². The number of rotatable bonds is 12. The molecule has 2 heterocycles. The molecule has 4 rings (SSSR count). The van der Waals surface area contributed by atoms with E-state index in [9.17, 15) is 4.79 Å². The Morgan fingerprint density at radius 3 is 2.68 bits per heavy atom. The Bertz CT molecular complexity index is 1140. The van der Waals surface area contributed by atoms with Crippen molar-refractivity contribution in [3.63, 3.8) is 0 Å². The predicted molar refractivity (Wildman–Crippen MR) is 143 cm³/mol. The number of aromatic nitrogens is 1. The van der Waals surface area contributed by atoms with Gasteiger partial charge in [-0.25, -0.2) is 4.79 Å². The van der Waals surface area contributed by atoms with Crippen LogP contribution in [0.3, 0.4) is 0 Å². The van der Waals surface area contributed by atoms with Gasteiger partial charge in [0, 0.05) is 34.8 Å². The number of aliphatic hydroxyl groups is 1. The molecule has 2 N–H and O–H groups in total. The zero-order valence-corrected chi connectivity index (χ0v) is 22.6. The van der Waals surface area contributed by atoms with Crippen LogP contribution in [0.15, 0.2) is 42.5 Å². The minimum Gasteiger partial charge on any atom is -0.660 e. The first kappa shape index (κ1) is 29.4. The third-order valence-electron chi connectivity index (χ3n) is 6.52. The third kappa shape index (κ3) is 7.46. The van der Waals surface area contributed by atoms with E-state index in [0.717, 1.165) is 66.6 Å². The summed E-state index contributed by atoms with van der Waals surface area (Å²) in [5, 5.41) is 14.8. The number of carbonyl (C=O) groups excluding carboxylic acids is 1. The van der Waals surface area contributed by atoms with Crippen molar-refractivity contribution in [2.75, 3.05) is 39.5 Å². The Kier molecular flexibility index (Phi) is 11.7. The van der Waals surface area contributed by atoms with Crippen LogP contribution in [-0.2, 0) is 11.2 Å². The van der Waals surface area contributed by atoms with Crippen LogP contribution in [0, 0.1) is 0 Å². The first-order valence-corrected chi connectivity index (χ1v) is 13.2. The van der Waals surface area contributed by atoms with E-state index in [-0.39, 0.29) is 37.6 Å². The van der Waals surface area contributed by atoms with Gasteiger partial charge in [-0.3, -0.25) is 4.90 Å². The van der Waals surface area contributed by atoms with Crippen molar-refractivity contribution < 1.29 is 38.2 Å². The standard InChI is InChI=1S/C28H35ClN3O4.Li/c1-2-35-28(34)32-16-13-23-24-19-21(29)9-12-25(24)31-26(23)27(32)20-7-10-22(11-8-20)36-18-6-4-3-5-14-30-15-17-33;/h7-12,19,27,31,33H,2-6,13-18H2,1H3;/q-1;+1. The number of nitrogens with one attached hydrogen (secondary N) is 1. The number of halogens is 1. The molecule has 0 fully saturated rings. The molecule has 1 unspecified atom stereocenters. The van der Waals surface area contributed by atoms with Crippen molar-refractivity contribution in [1.82, 2.24) is 9.88 Å². The molecule has 2 aromatic carbocycles. The monoisotopic (exact) mass is 519 g/mol. The number of aliphatic hydroxyl groups excluding tert-OH is 1. The van der Waals surface area contributed by atoms with Gasteiger partial charge in [-0.15, -0.1) is 13.1 Å². The summed E-state index contributed by atoms with van der Waals surface area (Å²) in [4.78, 5) is 18.2. The molecule has 1 amide bonds. The zero-order valence-electron chi connectivity index (χ0n) is 21.8. The van der Waals surface area contributed by atoms with E-state index < -0.39 is 0 Å². The Labute approximate surface area is 236 Å². The van der Waals surface area contributed by atoms with E-state index in [4.69, 9.17) is 26.2 Å². The predicted octanol–water partition coefficient (Wildman–Crippen LogP) is 3.23. The van der Waals surface area contributed by atoms with E-state index in [2.05, 4.69) is 10.3 Å². The van der Waals surface area contributed by atoms with Crippen LogP contribution >= 0.6 is 11.6 Å². The van der Waals surface area contributed by atoms with Gasteiger partial charge in [0.15, 0.2) is 0 Å². The molecule has 0 saturated heterocycles. The van der Waals surface area contributed by atoms with Gasteiger partial charge in [-0.1, -0.05) is 43.0 Å². The SMILES string of the molecule is CCOC(=O)N1CCc2c([nH]c3ccc(Cl)cc23)C1c1ccc(OCCCCCC[N-]CCO)cc1.[Li+]. The van der Waals surface area contributed by atoms with Crippen molar-refractivity contribution in [3.8, 4) is 5.75 Å². The maximum absolute atomic E-state index is 12.9. The smallest absolute Gasteiger partial charge is 0.660 e. The number of ether oxygens (including phenoxy) is 2. The Morgan fingerprint density at radius 1 is 1.14 bits per heavy atom. The minimum absolute atomic E-state index is 0. The van der Waals surface area contributed by atoms with Gasteiger partial charge in [0.1, 0.15) is 11.8 Å². The van der Waals surface area contributed by atoms with Crippen molar-refractivity contribution >= 4 is 28.6 Å². The quantitative estimate of drug-likeness (QED) is 0.284. The molecule has 0 spiro atoms. The first-order chi connectivity index (χ1) is 17.6. The van der Waals surface area contributed by atoms with Crippen molar-refractivity contribution in [3.05, 3.63) is 69.6 Å². The average molecular weight is 520 g/mol. The van der Waals surface area contributed by atoms with E-state index in [1.807, 2.05) is 49.4 Å². The largest absolute Gasteiger partial charge is 1.00 e. The Hall–Kier alpha value is -2.14. The van der Waals surface area contributed by atoms with Gasteiger partial charge >= 0.3 is 25.0 Å². The molecule has 1 aromatic heterocycles. The van der Waals surface area contributed by atoms with Gasteiger partial charge in [-0.05, 0) is 61.2 Å². The summed E-state index contributed by atoms with van der Waals surface area (Å²) in [6.45, 7) is 4.88. The molecule has 9 heteroatoms. The van der Waals surface area contributed by atoms with Crippen molar-refractivity contribution in [1.29, 1.82) is 0 Å². The molecule has 3 aromatic rings. The van der Waals surface area contributed by atoms with Crippen LogP contribution in [0.1, 0.15) is 55.5 Å². The third-order valence-corrected chi connectivity index (χ3v) is 6.76. The number of carbonyl (C=O) groups is 1. The molecule has 1 atom stereocenters. The van der Waals surface area contributed by atoms with Gasteiger partial charge in [0.05, 0.1) is 13.2 Å². The van der Waals surface area contributed by atoms with Crippen LogP contribution in [0.25, 0.3) is 16.2 Å². The maximum atomic E-state index is 12.9. The zero-order chi connectivity index (χ0) is 25.3. The number of amides is 1. The summed E-state index contributed by atoms with van der Waals surface area (Å²) in [6, 6.07) is 13.6. The van der Waals surface area contributed by atoms with Crippen LogP contribution in [0.5, 0.6) is 5.75 Å². The summed E-state index contributed by atoms with van der Waals surface area (Å²) in [5.41, 5.74) is 4.22. The molecule has 1 aliphatic heterocycles. The number of fused-ring (bicyclic) bond motifs is 3. The fourth-order valence-electron chi connectivity index (χ4n) is 4.81. The summed E-state index contributed by atoms with van der Waals surface area (Å²) in [6.07, 6.45) is 4.67. The van der Waals surface area contributed by atoms with Crippen LogP contribution in [-0.4, -0.2) is 60.5 Å². The van der Waals surface area contributed by atoms with Gasteiger partial charge in [0.2, 0.25) is 0 Å². The first-order valence-electron chi connectivity index (χ1n) is 12.8. The number of benzene rings is 2. The van der Waals surface area contributed by atoms with Gasteiger partial charge in [0.25, 0.3) is 0 Å². The second kappa shape index (κ2) is 14.7. The topological polar surface area (TPSA) is 88.9 Å². The Morgan fingerprint density at radius 2 is 1.92 bits per heavy atom. The summed E-state index contributed by atoms with van der Waals surface area (Å²) in [5.74, 6) is 0.818. The second-order valence-electron chi connectivity index (χ2n) is 8.98.